The van der Waals surface area contributed by atoms with E-state index in [0.29, 0.717) is 11.4 Å². The summed E-state index contributed by atoms with van der Waals surface area (Å²) in [5.41, 5.74) is 1.02. The highest BCUT2D eigenvalue weighted by Crippen LogP contribution is 2.23. The van der Waals surface area contributed by atoms with Crippen LogP contribution in [0.15, 0.2) is 70.6 Å². The van der Waals surface area contributed by atoms with E-state index in [1.54, 1.807) is 36.4 Å². The molecule has 0 spiro atoms. The summed E-state index contributed by atoms with van der Waals surface area (Å²) in [6.45, 7) is 0. The third kappa shape index (κ3) is 3.02. The fourth-order valence-corrected chi connectivity index (χ4v) is 3.25. The number of rotatable bonds is 4. The molecule has 22 heavy (non-hydrogen) atoms. The molecule has 0 radical (unpaired) electrons. The van der Waals surface area contributed by atoms with Crippen molar-refractivity contribution < 1.29 is 8.42 Å². The summed E-state index contributed by atoms with van der Waals surface area (Å²) in [5.74, 6) is 0. The first-order valence-corrected chi connectivity index (χ1v) is 8.56. The minimum Gasteiger partial charge on any atom is -0.277 e. The van der Waals surface area contributed by atoms with Crippen LogP contribution in [0, 0.1) is 0 Å². The van der Waals surface area contributed by atoms with Crippen molar-refractivity contribution >= 4 is 31.6 Å². The number of nitrogens with zero attached hydrogens (tertiary/aromatic N) is 3. The lowest BCUT2D eigenvalue weighted by atomic mass is 10.3. The van der Waals surface area contributed by atoms with Crippen LogP contribution in [0.5, 0.6) is 0 Å². The Morgan fingerprint density at radius 1 is 1.05 bits per heavy atom. The van der Waals surface area contributed by atoms with Gasteiger partial charge in [-0.1, -0.05) is 28.1 Å². The lowest BCUT2D eigenvalue weighted by Crippen LogP contribution is -2.14. The van der Waals surface area contributed by atoms with E-state index in [9.17, 15) is 8.42 Å². The topological polar surface area (TPSA) is 76.9 Å². The number of hydrogen-bond acceptors (Lipinski definition) is 4. The number of hydrogen-bond donors (Lipinski definition) is 1. The minimum atomic E-state index is -3.68. The standard InChI is InChI=1S/C14H11BrN4O2S/c15-11-5-7-12(8-6-11)22(20,21)18-13-3-1-2-4-14(13)19-10-16-9-17-19/h1-10,18H. The molecule has 0 saturated heterocycles. The quantitative estimate of drug-likeness (QED) is 0.756. The molecular formula is C14H11BrN4O2S. The van der Waals surface area contributed by atoms with Crippen LogP contribution in [-0.2, 0) is 10.0 Å². The number of para-hydroxylation sites is 2. The second kappa shape index (κ2) is 5.90. The summed E-state index contributed by atoms with van der Waals surface area (Å²) in [6, 6.07) is 13.4. The molecule has 1 aromatic heterocycles. The van der Waals surface area contributed by atoms with Gasteiger partial charge in [0.1, 0.15) is 12.7 Å². The van der Waals surface area contributed by atoms with E-state index < -0.39 is 10.0 Å². The van der Waals surface area contributed by atoms with Gasteiger partial charge in [0.2, 0.25) is 0 Å². The lowest BCUT2D eigenvalue weighted by molar-refractivity contribution is 0.601. The molecule has 0 aliphatic carbocycles. The van der Waals surface area contributed by atoms with Crippen LogP contribution in [0.2, 0.25) is 0 Å². The van der Waals surface area contributed by atoms with E-state index in [1.807, 2.05) is 0 Å². The van der Waals surface area contributed by atoms with Crippen LogP contribution in [-0.4, -0.2) is 23.2 Å². The molecule has 0 fully saturated rings. The second-order valence-corrected chi connectivity index (χ2v) is 7.01. The van der Waals surface area contributed by atoms with Gasteiger partial charge < -0.3 is 0 Å². The number of halogens is 1. The third-order valence-corrected chi connectivity index (χ3v) is 4.85. The van der Waals surface area contributed by atoms with Crippen LogP contribution >= 0.6 is 15.9 Å². The molecule has 3 rings (SSSR count). The zero-order chi connectivity index (χ0) is 15.6. The van der Waals surface area contributed by atoms with Gasteiger partial charge in [0, 0.05) is 4.47 Å². The van der Waals surface area contributed by atoms with Crippen molar-refractivity contribution in [3.8, 4) is 5.69 Å². The average molecular weight is 379 g/mol. The smallest absolute Gasteiger partial charge is 0.261 e. The molecular weight excluding hydrogens is 368 g/mol. The zero-order valence-electron chi connectivity index (χ0n) is 11.2. The first kappa shape index (κ1) is 14.7. The monoisotopic (exact) mass is 378 g/mol. The summed E-state index contributed by atoms with van der Waals surface area (Å²) >= 11 is 3.28. The molecule has 0 amide bonds. The van der Waals surface area contributed by atoms with Crippen LogP contribution in [0.4, 0.5) is 5.69 Å². The summed E-state index contributed by atoms with van der Waals surface area (Å²) in [5, 5.41) is 4.03. The highest BCUT2D eigenvalue weighted by Gasteiger charge is 2.16. The van der Waals surface area contributed by atoms with Gasteiger partial charge in [-0.3, -0.25) is 4.72 Å². The maximum Gasteiger partial charge on any atom is 0.261 e. The molecule has 1 heterocycles. The summed E-state index contributed by atoms with van der Waals surface area (Å²) in [6.07, 6.45) is 2.90. The predicted molar refractivity (Wildman–Crippen MR) is 86.3 cm³/mol. The molecule has 0 aliphatic heterocycles. The van der Waals surface area contributed by atoms with Crippen LogP contribution in [0.3, 0.4) is 0 Å². The van der Waals surface area contributed by atoms with Gasteiger partial charge >= 0.3 is 0 Å². The van der Waals surface area contributed by atoms with E-state index in [0.717, 1.165) is 4.47 Å². The molecule has 2 aromatic carbocycles. The average Bonchev–Trinajstić information content (AvgIpc) is 3.02. The molecule has 0 aliphatic rings. The van der Waals surface area contributed by atoms with Gasteiger partial charge in [-0.2, -0.15) is 5.10 Å². The van der Waals surface area contributed by atoms with Gasteiger partial charge in [0.05, 0.1) is 16.3 Å². The Hall–Kier alpha value is -2.19. The normalized spacial score (nSPS) is 11.3. The Morgan fingerprint density at radius 2 is 1.77 bits per heavy atom. The zero-order valence-corrected chi connectivity index (χ0v) is 13.6. The minimum absolute atomic E-state index is 0.184. The van der Waals surface area contributed by atoms with Crippen molar-refractivity contribution in [2.75, 3.05) is 4.72 Å². The third-order valence-electron chi connectivity index (χ3n) is 2.94. The fourth-order valence-electron chi connectivity index (χ4n) is 1.91. The van der Waals surface area contributed by atoms with Crippen LogP contribution < -0.4 is 4.72 Å². The van der Waals surface area contributed by atoms with E-state index >= 15 is 0 Å². The van der Waals surface area contributed by atoms with Crippen molar-refractivity contribution in [3.05, 3.63) is 65.7 Å². The van der Waals surface area contributed by atoms with Crippen LogP contribution in [0.25, 0.3) is 5.69 Å². The van der Waals surface area contributed by atoms with Gasteiger partial charge in [-0.15, -0.1) is 0 Å². The molecule has 6 nitrogen and oxygen atoms in total. The van der Waals surface area contributed by atoms with E-state index in [2.05, 4.69) is 30.7 Å². The van der Waals surface area contributed by atoms with E-state index in [4.69, 9.17) is 0 Å². The number of anilines is 1. The van der Waals surface area contributed by atoms with Gasteiger partial charge in [-0.05, 0) is 36.4 Å². The number of sulfonamides is 1. The first-order chi connectivity index (χ1) is 10.6. The molecule has 0 atom stereocenters. The Bertz CT molecular complexity index is 877. The number of nitrogens with one attached hydrogen (secondary N) is 1. The second-order valence-electron chi connectivity index (χ2n) is 4.42. The molecule has 0 bridgehead atoms. The van der Waals surface area contributed by atoms with Gasteiger partial charge in [0.15, 0.2) is 0 Å². The Morgan fingerprint density at radius 3 is 2.45 bits per heavy atom. The summed E-state index contributed by atoms with van der Waals surface area (Å²) in [7, 11) is -3.68. The van der Waals surface area contributed by atoms with E-state index in [1.165, 1.54) is 29.5 Å². The SMILES string of the molecule is O=S(=O)(Nc1ccccc1-n1cncn1)c1ccc(Br)cc1. The Kier molecular flexibility index (Phi) is 3.95. The highest BCUT2D eigenvalue weighted by molar-refractivity contribution is 9.10. The molecule has 0 unspecified atom stereocenters. The maximum atomic E-state index is 12.5. The van der Waals surface area contributed by atoms with Crippen molar-refractivity contribution in [1.29, 1.82) is 0 Å². The largest absolute Gasteiger partial charge is 0.277 e. The van der Waals surface area contributed by atoms with Gasteiger partial charge in [0.25, 0.3) is 10.0 Å². The van der Waals surface area contributed by atoms with Crippen molar-refractivity contribution in [2.45, 2.75) is 4.90 Å². The highest BCUT2D eigenvalue weighted by atomic mass is 79.9. The first-order valence-electron chi connectivity index (χ1n) is 6.29. The maximum absolute atomic E-state index is 12.5. The fraction of sp³-hybridized carbons (Fsp3) is 0. The lowest BCUT2D eigenvalue weighted by Gasteiger charge is -2.12. The van der Waals surface area contributed by atoms with E-state index in [-0.39, 0.29) is 4.90 Å². The molecule has 8 heteroatoms. The molecule has 1 N–H and O–H groups in total. The van der Waals surface area contributed by atoms with Crippen molar-refractivity contribution in [2.24, 2.45) is 0 Å². The van der Waals surface area contributed by atoms with Crippen LogP contribution in [0.1, 0.15) is 0 Å². The molecule has 3 aromatic rings. The molecule has 112 valence electrons. The Balaban J connectivity index is 1.98. The summed E-state index contributed by atoms with van der Waals surface area (Å²) in [4.78, 5) is 4.06. The predicted octanol–water partition coefficient (Wildman–Crippen LogP) is 2.83. The molecule has 0 saturated carbocycles. The Labute approximate surface area is 136 Å². The number of aromatic nitrogens is 3. The summed E-state index contributed by atoms with van der Waals surface area (Å²) < 4.78 is 29.8. The van der Waals surface area contributed by atoms with Crippen molar-refractivity contribution in [3.63, 3.8) is 0 Å². The van der Waals surface area contributed by atoms with Crippen molar-refractivity contribution in [1.82, 2.24) is 14.8 Å². The number of benzene rings is 2. The van der Waals surface area contributed by atoms with Gasteiger partial charge in [-0.25, -0.2) is 18.1 Å².